The van der Waals surface area contributed by atoms with Crippen LogP contribution < -0.4 is 4.90 Å². The van der Waals surface area contributed by atoms with Gasteiger partial charge in [0.25, 0.3) is 11.7 Å². The van der Waals surface area contributed by atoms with Gasteiger partial charge in [-0.25, -0.2) is 0 Å². The maximum Gasteiger partial charge on any atom is 0.300 e. The molecule has 0 saturated carbocycles. The molecule has 5 nitrogen and oxygen atoms in total. The number of Topliss-reactive ketones (excluding diaryl/α,β-unsaturated/α-hetero) is 1. The smallest absolute Gasteiger partial charge is 0.300 e. The highest BCUT2D eigenvalue weighted by Gasteiger charge is 2.48. The second kappa shape index (κ2) is 7.41. The highest BCUT2D eigenvalue weighted by molar-refractivity contribution is 7.10. The third kappa shape index (κ3) is 3.00. The molecule has 1 unspecified atom stereocenters. The molecule has 0 bridgehead atoms. The Balaban J connectivity index is 1.78. The number of nitrogens with zero attached hydrogens (tertiary/aromatic N) is 1. The number of phenolic OH excluding ortho intramolecular Hbond substituents is 1. The first kappa shape index (κ1) is 19.1. The zero-order chi connectivity index (χ0) is 21.5. The van der Waals surface area contributed by atoms with Gasteiger partial charge in [-0.05, 0) is 34.4 Å². The number of hydrogen-bond donors (Lipinski definition) is 2. The minimum atomic E-state index is -0.840. The summed E-state index contributed by atoms with van der Waals surface area (Å²) in [6.45, 7) is 0. The number of rotatable bonds is 3. The van der Waals surface area contributed by atoms with Crippen molar-refractivity contribution in [2.75, 3.05) is 4.90 Å². The van der Waals surface area contributed by atoms with Gasteiger partial charge in [-0.3, -0.25) is 14.5 Å². The predicted molar refractivity (Wildman–Crippen MR) is 121 cm³/mol. The fourth-order valence-electron chi connectivity index (χ4n) is 4.04. The summed E-state index contributed by atoms with van der Waals surface area (Å²) >= 11 is 1.38. The van der Waals surface area contributed by atoms with Crippen LogP contribution in [0.5, 0.6) is 5.75 Å². The third-order valence-electron chi connectivity index (χ3n) is 5.44. The van der Waals surface area contributed by atoms with Crippen LogP contribution >= 0.6 is 11.3 Å². The molecule has 4 aromatic rings. The Hall–Kier alpha value is -3.90. The first-order valence-corrected chi connectivity index (χ1v) is 10.6. The van der Waals surface area contributed by atoms with Crippen molar-refractivity contribution in [2.24, 2.45) is 0 Å². The normalized spacial score (nSPS) is 18.1. The van der Waals surface area contributed by atoms with Gasteiger partial charge in [0.1, 0.15) is 17.6 Å². The van der Waals surface area contributed by atoms with Crippen LogP contribution in [-0.4, -0.2) is 21.9 Å². The van der Waals surface area contributed by atoms with Crippen LogP contribution in [0, 0.1) is 0 Å². The van der Waals surface area contributed by atoms with E-state index in [9.17, 15) is 19.8 Å². The molecule has 1 fully saturated rings. The van der Waals surface area contributed by atoms with Crippen LogP contribution in [0.3, 0.4) is 0 Å². The van der Waals surface area contributed by atoms with Crippen LogP contribution in [-0.2, 0) is 9.59 Å². The molecule has 1 aliphatic heterocycles. The predicted octanol–water partition coefficient (Wildman–Crippen LogP) is 5.23. The number of benzene rings is 3. The van der Waals surface area contributed by atoms with Gasteiger partial charge >= 0.3 is 0 Å². The van der Waals surface area contributed by atoms with Crippen molar-refractivity contribution in [2.45, 2.75) is 6.04 Å². The zero-order valence-electron chi connectivity index (χ0n) is 16.2. The molecule has 1 saturated heterocycles. The number of fused-ring (bicyclic) bond motifs is 1. The van der Waals surface area contributed by atoms with E-state index in [-0.39, 0.29) is 22.8 Å². The van der Waals surface area contributed by atoms with Crippen molar-refractivity contribution in [3.8, 4) is 5.75 Å². The van der Waals surface area contributed by atoms with Gasteiger partial charge in [0.15, 0.2) is 0 Å². The second-order valence-electron chi connectivity index (χ2n) is 7.20. The molecule has 1 amide bonds. The molecule has 1 aromatic heterocycles. The maximum atomic E-state index is 13.2. The molecule has 31 heavy (non-hydrogen) atoms. The van der Waals surface area contributed by atoms with E-state index < -0.39 is 17.7 Å². The zero-order valence-corrected chi connectivity index (χ0v) is 17.0. The van der Waals surface area contributed by atoms with E-state index in [2.05, 4.69) is 0 Å². The van der Waals surface area contributed by atoms with Gasteiger partial charge in [-0.1, -0.05) is 60.7 Å². The minimum Gasteiger partial charge on any atom is -0.507 e. The molecule has 1 aliphatic rings. The van der Waals surface area contributed by atoms with E-state index in [0.29, 0.717) is 10.4 Å². The number of carbonyl (C=O) groups is 2. The van der Waals surface area contributed by atoms with Gasteiger partial charge in [0, 0.05) is 10.4 Å². The molecule has 1 atom stereocenters. The second-order valence-corrected chi connectivity index (χ2v) is 8.18. The SMILES string of the molecule is O=C1C(=O)N(c2ccccc2O)C(c2cccs2)/C1=C(/O)c1cccc2ccccc12. The first-order valence-electron chi connectivity index (χ1n) is 9.68. The number of hydrogen-bond acceptors (Lipinski definition) is 5. The van der Waals surface area contributed by atoms with E-state index in [1.54, 1.807) is 30.3 Å². The lowest BCUT2D eigenvalue weighted by atomic mass is 9.96. The Kier molecular flexibility index (Phi) is 4.56. The number of anilines is 1. The number of para-hydroxylation sites is 2. The van der Waals surface area contributed by atoms with Crippen molar-refractivity contribution in [3.63, 3.8) is 0 Å². The van der Waals surface area contributed by atoms with E-state index >= 15 is 0 Å². The summed E-state index contributed by atoms with van der Waals surface area (Å²) in [7, 11) is 0. The van der Waals surface area contributed by atoms with Crippen LogP contribution in [0.25, 0.3) is 16.5 Å². The summed E-state index contributed by atoms with van der Waals surface area (Å²) in [5.41, 5.74) is 0.710. The van der Waals surface area contributed by atoms with Crippen molar-refractivity contribution < 1.29 is 19.8 Å². The lowest BCUT2D eigenvalue weighted by Gasteiger charge is -2.24. The Morgan fingerprint density at radius 2 is 1.61 bits per heavy atom. The van der Waals surface area contributed by atoms with E-state index in [0.717, 1.165) is 10.8 Å². The minimum absolute atomic E-state index is 0.00653. The lowest BCUT2D eigenvalue weighted by molar-refractivity contribution is -0.132. The number of amides is 1. The number of aliphatic hydroxyl groups is 1. The standard InChI is InChI=1S/C25H17NO4S/c27-19-12-4-3-11-18(19)26-22(20-13-6-14-31-20)21(24(29)25(26)30)23(28)17-10-5-8-15-7-1-2-9-16(15)17/h1-14,22,27-28H/b23-21-. The molecule has 2 heterocycles. The first-order chi connectivity index (χ1) is 15.1. The third-order valence-corrected chi connectivity index (χ3v) is 6.37. The fourth-order valence-corrected chi connectivity index (χ4v) is 4.87. The van der Waals surface area contributed by atoms with Crippen molar-refractivity contribution in [3.05, 3.63) is 100 Å². The molecular formula is C25H17NO4S. The largest absolute Gasteiger partial charge is 0.507 e. The number of ketones is 1. The number of aliphatic hydroxyl groups excluding tert-OH is 1. The molecule has 6 heteroatoms. The Morgan fingerprint density at radius 3 is 2.39 bits per heavy atom. The molecule has 3 aromatic carbocycles. The van der Waals surface area contributed by atoms with Gasteiger partial charge in [-0.2, -0.15) is 0 Å². The van der Waals surface area contributed by atoms with Crippen LogP contribution in [0.4, 0.5) is 5.69 Å². The van der Waals surface area contributed by atoms with Crippen LogP contribution in [0.2, 0.25) is 0 Å². The topological polar surface area (TPSA) is 77.8 Å². The monoisotopic (exact) mass is 427 g/mol. The summed E-state index contributed by atoms with van der Waals surface area (Å²) in [5.74, 6) is -1.92. The lowest BCUT2D eigenvalue weighted by Crippen LogP contribution is -2.29. The number of aromatic hydroxyl groups is 1. The summed E-state index contributed by atoms with van der Waals surface area (Å²) < 4.78 is 0. The molecule has 0 aliphatic carbocycles. The van der Waals surface area contributed by atoms with Crippen molar-refractivity contribution in [1.29, 1.82) is 0 Å². The number of phenols is 1. The fraction of sp³-hybridized carbons (Fsp3) is 0.0400. The summed E-state index contributed by atoms with van der Waals surface area (Å²) in [6, 6.07) is 22.2. The van der Waals surface area contributed by atoms with E-state index in [1.165, 1.54) is 22.3 Å². The Labute approximate surface area is 182 Å². The summed E-state index contributed by atoms with van der Waals surface area (Å²) in [5, 5.41) is 25.3. The highest BCUT2D eigenvalue weighted by Crippen LogP contribution is 2.46. The summed E-state index contributed by atoms with van der Waals surface area (Å²) in [4.78, 5) is 28.2. The van der Waals surface area contributed by atoms with Gasteiger partial charge in [-0.15, -0.1) is 11.3 Å². The average molecular weight is 427 g/mol. The Bertz CT molecular complexity index is 1350. The molecule has 0 radical (unpaired) electrons. The van der Waals surface area contributed by atoms with Gasteiger partial charge in [0.2, 0.25) is 0 Å². The molecular weight excluding hydrogens is 410 g/mol. The number of thiophene rings is 1. The van der Waals surface area contributed by atoms with Crippen LogP contribution in [0.1, 0.15) is 16.5 Å². The van der Waals surface area contributed by atoms with Crippen LogP contribution in [0.15, 0.2) is 89.8 Å². The Morgan fingerprint density at radius 1 is 0.871 bits per heavy atom. The van der Waals surface area contributed by atoms with Crippen molar-refractivity contribution in [1.82, 2.24) is 0 Å². The molecule has 0 spiro atoms. The number of carbonyl (C=O) groups excluding carboxylic acids is 2. The highest BCUT2D eigenvalue weighted by atomic mass is 32.1. The molecule has 5 rings (SSSR count). The molecule has 152 valence electrons. The van der Waals surface area contributed by atoms with Gasteiger partial charge < -0.3 is 10.2 Å². The van der Waals surface area contributed by atoms with E-state index in [1.807, 2.05) is 47.8 Å². The summed E-state index contributed by atoms with van der Waals surface area (Å²) in [6.07, 6.45) is 0. The maximum absolute atomic E-state index is 13.2. The van der Waals surface area contributed by atoms with E-state index in [4.69, 9.17) is 0 Å². The average Bonchev–Trinajstić information content (AvgIpc) is 3.41. The quantitative estimate of drug-likeness (QED) is 0.267. The van der Waals surface area contributed by atoms with Gasteiger partial charge in [0.05, 0.1) is 11.3 Å². The molecule has 2 N–H and O–H groups in total. The van der Waals surface area contributed by atoms with Crippen molar-refractivity contribution >= 4 is 45.2 Å².